The molecule has 0 radical (unpaired) electrons. The summed E-state index contributed by atoms with van der Waals surface area (Å²) >= 11 is 1.27. The van der Waals surface area contributed by atoms with Gasteiger partial charge in [0.2, 0.25) is 5.91 Å². The summed E-state index contributed by atoms with van der Waals surface area (Å²) in [5.41, 5.74) is 0. The fourth-order valence-corrected chi connectivity index (χ4v) is 7.93. The van der Waals surface area contributed by atoms with E-state index in [0.717, 1.165) is 25.7 Å². The highest BCUT2D eigenvalue weighted by Crippen LogP contribution is 2.30. The molecule has 2 aliphatic carbocycles. The highest BCUT2D eigenvalue weighted by atomic mass is 32.2. The zero-order valence-electron chi connectivity index (χ0n) is 17.9. The Balaban J connectivity index is 1.36. The van der Waals surface area contributed by atoms with Gasteiger partial charge in [-0.2, -0.15) is 4.31 Å². The van der Waals surface area contributed by atoms with Gasteiger partial charge >= 0.3 is 0 Å². The predicted molar refractivity (Wildman–Crippen MR) is 120 cm³/mol. The highest BCUT2D eigenvalue weighted by molar-refractivity contribution is 7.91. The van der Waals surface area contributed by atoms with E-state index in [1.165, 1.54) is 49.9 Å². The van der Waals surface area contributed by atoms with Crippen LogP contribution in [0.4, 0.5) is 0 Å². The van der Waals surface area contributed by atoms with E-state index in [1.54, 1.807) is 21.8 Å². The fraction of sp³-hybridized carbons (Fsp3) is 0.773. The lowest BCUT2D eigenvalue weighted by Crippen LogP contribution is -2.55. The molecule has 1 amide bonds. The minimum atomic E-state index is -3.39. The zero-order valence-corrected chi connectivity index (χ0v) is 19.5. The molecule has 0 aromatic carbocycles. The van der Waals surface area contributed by atoms with Crippen molar-refractivity contribution in [3.63, 3.8) is 0 Å². The lowest BCUT2D eigenvalue weighted by molar-refractivity contribution is -0.139. The molecule has 0 unspecified atom stereocenters. The van der Waals surface area contributed by atoms with Gasteiger partial charge in [-0.1, -0.05) is 44.6 Å². The summed E-state index contributed by atoms with van der Waals surface area (Å²) in [4.78, 5) is 17.9. The average molecular weight is 454 g/mol. The van der Waals surface area contributed by atoms with Crippen LogP contribution >= 0.6 is 11.3 Å². The zero-order chi connectivity index (χ0) is 21.0. The summed E-state index contributed by atoms with van der Waals surface area (Å²) in [7, 11) is -3.39. The van der Waals surface area contributed by atoms with Crippen molar-refractivity contribution >= 4 is 27.3 Å². The molecule has 0 spiro atoms. The molecule has 30 heavy (non-hydrogen) atoms. The molecule has 2 saturated carbocycles. The van der Waals surface area contributed by atoms with Crippen molar-refractivity contribution < 1.29 is 13.2 Å². The number of thiophene rings is 1. The second kappa shape index (κ2) is 10.1. The topological polar surface area (TPSA) is 60.9 Å². The van der Waals surface area contributed by atoms with Crippen molar-refractivity contribution in [3.8, 4) is 0 Å². The number of rotatable bonds is 6. The van der Waals surface area contributed by atoms with Crippen molar-refractivity contribution in [2.24, 2.45) is 0 Å². The normalized spacial score (nSPS) is 23.5. The maximum absolute atomic E-state index is 13.4. The molecule has 1 aromatic heterocycles. The highest BCUT2D eigenvalue weighted by Gasteiger charge is 2.35. The van der Waals surface area contributed by atoms with E-state index in [4.69, 9.17) is 0 Å². The second-order valence-electron chi connectivity index (χ2n) is 9.00. The summed E-state index contributed by atoms with van der Waals surface area (Å²) in [6.45, 7) is 2.60. The number of hydrogen-bond acceptors (Lipinski definition) is 5. The third kappa shape index (κ3) is 5.09. The van der Waals surface area contributed by atoms with Crippen LogP contribution < -0.4 is 0 Å². The third-order valence-electron chi connectivity index (χ3n) is 7.00. The van der Waals surface area contributed by atoms with E-state index in [-0.39, 0.29) is 5.91 Å². The van der Waals surface area contributed by atoms with Gasteiger partial charge in [-0.3, -0.25) is 9.69 Å². The van der Waals surface area contributed by atoms with Crippen LogP contribution in [0.5, 0.6) is 0 Å². The van der Waals surface area contributed by atoms with Gasteiger partial charge in [-0.05, 0) is 37.1 Å². The Morgan fingerprint density at radius 1 is 0.933 bits per heavy atom. The summed E-state index contributed by atoms with van der Waals surface area (Å²) in [6.07, 6.45) is 12.1. The SMILES string of the molecule is O=C(CN1CCN(S(=O)(=O)c2cccs2)CC1)N(C1CCCCC1)C1CCCCC1. The lowest BCUT2D eigenvalue weighted by Gasteiger charge is -2.43. The Morgan fingerprint density at radius 2 is 1.50 bits per heavy atom. The van der Waals surface area contributed by atoms with Crippen LogP contribution in [0.3, 0.4) is 0 Å². The molecule has 1 aliphatic heterocycles. The van der Waals surface area contributed by atoms with Crippen molar-refractivity contribution in [2.45, 2.75) is 80.5 Å². The Hall–Kier alpha value is -0.960. The molecule has 2 heterocycles. The van der Waals surface area contributed by atoms with Gasteiger partial charge in [0.15, 0.2) is 0 Å². The number of sulfonamides is 1. The van der Waals surface area contributed by atoms with Crippen LogP contribution in [0, 0.1) is 0 Å². The molecule has 8 heteroatoms. The number of nitrogens with zero attached hydrogens (tertiary/aromatic N) is 3. The Labute approximate surface area is 185 Å². The molecular formula is C22H35N3O3S2. The van der Waals surface area contributed by atoms with Crippen LogP contribution in [-0.2, 0) is 14.8 Å². The van der Waals surface area contributed by atoms with Crippen LogP contribution in [-0.4, -0.2) is 73.2 Å². The maximum atomic E-state index is 13.4. The molecule has 4 rings (SSSR count). The van der Waals surface area contributed by atoms with Crippen LogP contribution in [0.15, 0.2) is 21.7 Å². The molecule has 0 atom stereocenters. The molecule has 1 saturated heterocycles. The first-order valence-corrected chi connectivity index (χ1v) is 13.9. The largest absolute Gasteiger partial charge is 0.336 e. The monoisotopic (exact) mass is 453 g/mol. The van der Waals surface area contributed by atoms with E-state index in [1.807, 2.05) is 0 Å². The molecule has 6 nitrogen and oxygen atoms in total. The standard InChI is InChI=1S/C22H35N3O3S2/c26-21(25(19-8-3-1-4-9-19)20-10-5-2-6-11-20)18-23-13-15-24(16-14-23)30(27,28)22-12-7-17-29-22/h7,12,17,19-20H,1-6,8-11,13-16,18H2. The first-order chi connectivity index (χ1) is 14.6. The van der Waals surface area contributed by atoms with Gasteiger partial charge in [0.1, 0.15) is 4.21 Å². The van der Waals surface area contributed by atoms with Gasteiger partial charge in [-0.25, -0.2) is 8.42 Å². The van der Waals surface area contributed by atoms with E-state index in [0.29, 0.717) is 49.0 Å². The van der Waals surface area contributed by atoms with Crippen LogP contribution in [0.2, 0.25) is 0 Å². The quantitative estimate of drug-likeness (QED) is 0.661. The first kappa shape index (κ1) is 22.2. The van der Waals surface area contributed by atoms with Crippen LogP contribution in [0.1, 0.15) is 64.2 Å². The van der Waals surface area contributed by atoms with Crippen molar-refractivity contribution in [1.29, 1.82) is 0 Å². The maximum Gasteiger partial charge on any atom is 0.252 e. The molecular weight excluding hydrogens is 418 g/mol. The smallest absolute Gasteiger partial charge is 0.252 e. The van der Waals surface area contributed by atoms with Crippen molar-refractivity contribution in [1.82, 2.24) is 14.1 Å². The minimum Gasteiger partial charge on any atom is -0.336 e. The van der Waals surface area contributed by atoms with Crippen LogP contribution in [0.25, 0.3) is 0 Å². The number of piperazine rings is 1. The summed E-state index contributed by atoms with van der Waals surface area (Å²) in [6, 6.07) is 4.27. The summed E-state index contributed by atoms with van der Waals surface area (Å²) in [5, 5.41) is 1.80. The van der Waals surface area contributed by atoms with Gasteiger partial charge in [-0.15, -0.1) is 11.3 Å². The van der Waals surface area contributed by atoms with Crippen molar-refractivity contribution in [3.05, 3.63) is 17.5 Å². The van der Waals surface area contributed by atoms with Gasteiger partial charge in [0.05, 0.1) is 6.54 Å². The summed E-state index contributed by atoms with van der Waals surface area (Å²) in [5.74, 6) is 0.267. The third-order valence-corrected chi connectivity index (χ3v) is 10.3. The fourth-order valence-electron chi connectivity index (χ4n) is 5.36. The van der Waals surface area contributed by atoms with E-state index < -0.39 is 10.0 Å². The lowest BCUT2D eigenvalue weighted by atomic mass is 9.88. The van der Waals surface area contributed by atoms with E-state index in [2.05, 4.69) is 9.80 Å². The molecule has 3 fully saturated rings. The summed E-state index contributed by atoms with van der Waals surface area (Å²) < 4.78 is 27.5. The van der Waals surface area contributed by atoms with Gasteiger partial charge in [0.25, 0.3) is 10.0 Å². The van der Waals surface area contributed by atoms with Gasteiger partial charge < -0.3 is 4.90 Å². The molecule has 168 valence electrons. The number of amides is 1. The first-order valence-electron chi connectivity index (χ1n) is 11.6. The number of carbonyl (C=O) groups excluding carboxylic acids is 1. The van der Waals surface area contributed by atoms with E-state index in [9.17, 15) is 13.2 Å². The molecule has 3 aliphatic rings. The number of hydrogen-bond donors (Lipinski definition) is 0. The molecule has 0 bridgehead atoms. The Bertz CT molecular complexity index is 759. The number of carbonyl (C=O) groups is 1. The molecule has 0 N–H and O–H groups in total. The minimum absolute atomic E-state index is 0.267. The second-order valence-corrected chi connectivity index (χ2v) is 12.1. The predicted octanol–water partition coefficient (Wildman–Crippen LogP) is 3.55. The van der Waals surface area contributed by atoms with E-state index >= 15 is 0 Å². The average Bonchev–Trinajstić information content (AvgIpc) is 3.32. The Kier molecular flexibility index (Phi) is 7.49. The van der Waals surface area contributed by atoms with Crippen molar-refractivity contribution in [2.75, 3.05) is 32.7 Å². The molecule has 1 aromatic rings. The van der Waals surface area contributed by atoms with Gasteiger partial charge in [0, 0.05) is 38.3 Å². The Morgan fingerprint density at radius 3 is 2.00 bits per heavy atom.